The van der Waals surface area contributed by atoms with Crippen LogP contribution in [-0.2, 0) is 6.42 Å². The largest absolute Gasteiger partial charge is 0.364 e. The quantitative estimate of drug-likeness (QED) is 0.753. The Balaban J connectivity index is 0.00000168. The first kappa shape index (κ1) is 17.9. The zero-order valence-corrected chi connectivity index (χ0v) is 16.2. The summed E-state index contributed by atoms with van der Waals surface area (Å²) in [5.74, 6) is 1.77. The molecule has 4 aliphatic rings. The highest BCUT2D eigenvalue weighted by Gasteiger charge is 2.37. The van der Waals surface area contributed by atoms with Crippen molar-refractivity contribution >= 4 is 18.1 Å². The van der Waals surface area contributed by atoms with Gasteiger partial charge < -0.3 is 9.80 Å². The zero-order valence-electron chi connectivity index (χ0n) is 15.4. The molecule has 2 aromatic carbocycles. The van der Waals surface area contributed by atoms with Crippen molar-refractivity contribution < 1.29 is 0 Å². The van der Waals surface area contributed by atoms with E-state index in [1.165, 1.54) is 57.5 Å². The highest BCUT2D eigenvalue weighted by atomic mass is 35.5. The Kier molecular flexibility index (Phi) is 5.24. The van der Waals surface area contributed by atoms with Crippen molar-refractivity contribution in [1.29, 1.82) is 0 Å². The summed E-state index contributed by atoms with van der Waals surface area (Å²) in [6.07, 6.45) is 5.31. The van der Waals surface area contributed by atoms with E-state index in [-0.39, 0.29) is 12.4 Å². The Hall–Kier alpha value is -1.51. The molecule has 6 rings (SSSR count). The fourth-order valence-electron chi connectivity index (χ4n) is 5.44. The number of aryl methyl sites for hydroxylation is 1. The molecule has 3 saturated heterocycles. The van der Waals surface area contributed by atoms with Crippen molar-refractivity contribution in [2.45, 2.75) is 31.7 Å². The van der Waals surface area contributed by atoms with Crippen LogP contribution < -0.4 is 4.90 Å². The molecule has 0 radical (unpaired) electrons. The fraction of sp³-hybridized carbons (Fsp3) is 0.478. The number of para-hydroxylation sites is 1. The van der Waals surface area contributed by atoms with Crippen LogP contribution in [0.15, 0.2) is 54.6 Å². The normalized spacial score (nSPS) is 29.1. The molecule has 0 spiro atoms. The summed E-state index contributed by atoms with van der Waals surface area (Å²) in [4.78, 5) is 5.43. The summed E-state index contributed by atoms with van der Waals surface area (Å²) in [6.45, 7) is 5.18. The average molecular weight is 369 g/mol. The predicted molar refractivity (Wildman–Crippen MR) is 111 cm³/mol. The van der Waals surface area contributed by atoms with Gasteiger partial charge in [-0.1, -0.05) is 42.5 Å². The molecule has 0 N–H and O–H groups in total. The number of piperidine rings is 3. The van der Waals surface area contributed by atoms with Gasteiger partial charge in [0, 0.05) is 18.8 Å². The Morgan fingerprint density at radius 2 is 1.62 bits per heavy atom. The van der Waals surface area contributed by atoms with Gasteiger partial charge in [0.05, 0.1) is 6.04 Å². The molecule has 2 nitrogen and oxygen atoms in total. The molecular weight excluding hydrogens is 340 g/mol. The van der Waals surface area contributed by atoms with Gasteiger partial charge in [-0.15, -0.1) is 12.4 Å². The van der Waals surface area contributed by atoms with Crippen molar-refractivity contribution in [3.8, 4) is 0 Å². The van der Waals surface area contributed by atoms with Crippen LogP contribution in [0.25, 0.3) is 0 Å². The van der Waals surface area contributed by atoms with Crippen LogP contribution in [-0.4, -0.2) is 31.1 Å². The maximum Gasteiger partial charge on any atom is 0.0548 e. The van der Waals surface area contributed by atoms with Crippen molar-refractivity contribution in [2.24, 2.45) is 11.8 Å². The third-order valence-corrected chi connectivity index (χ3v) is 6.79. The lowest BCUT2D eigenvalue weighted by atomic mass is 9.78. The lowest BCUT2D eigenvalue weighted by Crippen LogP contribution is -2.51. The summed E-state index contributed by atoms with van der Waals surface area (Å²) in [5, 5.41) is 0. The number of hydrogen-bond donors (Lipinski definition) is 0. The third kappa shape index (κ3) is 3.25. The predicted octanol–water partition coefficient (Wildman–Crippen LogP) is 4.94. The van der Waals surface area contributed by atoms with E-state index in [0.29, 0.717) is 6.04 Å². The molecule has 0 amide bonds. The smallest absolute Gasteiger partial charge is 0.0548 e. The lowest BCUT2D eigenvalue weighted by Gasteiger charge is -2.47. The van der Waals surface area contributed by atoms with Crippen LogP contribution in [0.5, 0.6) is 0 Å². The summed E-state index contributed by atoms with van der Waals surface area (Å²) in [7, 11) is 0. The monoisotopic (exact) mass is 368 g/mol. The summed E-state index contributed by atoms with van der Waals surface area (Å²) in [5.41, 5.74) is 4.52. The minimum absolute atomic E-state index is 0. The van der Waals surface area contributed by atoms with Crippen molar-refractivity contribution in [1.82, 2.24) is 4.90 Å². The summed E-state index contributed by atoms with van der Waals surface area (Å²) >= 11 is 0. The number of halogens is 1. The second-order valence-electron chi connectivity index (χ2n) is 8.14. The standard InChI is InChI=1S/C23H28N2.ClH/c1-2-7-21(8-3-1)25(17-20-16-24-14-12-18(20)13-15-24)23-11-10-19-6-4-5-9-22(19)23;/h1-9,18,20,23H,10-17H2;1H. The van der Waals surface area contributed by atoms with Gasteiger partial charge in [-0.05, 0) is 73.9 Å². The molecular formula is C23H29ClN2. The van der Waals surface area contributed by atoms with Crippen molar-refractivity contribution in [2.75, 3.05) is 31.1 Å². The minimum Gasteiger partial charge on any atom is -0.364 e. The van der Waals surface area contributed by atoms with Crippen molar-refractivity contribution in [3.05, 3.63) is 65.7 Å². The molecule has 3 aliphatic heterocycles. The summed E-state index contributed by atoms with van der Waals surface area (Å²) in [6, 6.07) is 20.8. The second kappa shape index (κ2) is 7.62. The number of benzene rings is 2. The van der Waals surface area contributed by atoms with E-state index in [4.69, 9.17) is 0 Å². The first-order valence-electron chi connectivity index (χ1n) is 10.0. The van der Waals surface area contributed by atoms with Crippen LogP contribution in [0.1, 0.15) is 36.4 Å². The Morgan fingerprint density at radius 1 is 0.885 bits per heavy atom. The van der Waals surface area contributed by atoms with Gasteiger partial charge >= 0.3 is 0 Å². The number of fused-ring (bicyclic) bond motifs is 4. The van der Waals surface area contributed by atoms with E-state index in [9.17, 15) is 0 Å². The Bertz CT molecular complexity index is 724. The summed E-state index contributed by atoms with van der Waals surface area (Å²) < 4.78 is 0. The van der Waals surface area contributed by atoms with Crippen LogP contribution in [0.3, 0.4) is 0 Å². The number of rotatable bonds is 4. The van der Waals surface area contributed by atoms with Gasteiger partial charge in [0.15, 0.2) is 0 Å². The molecule has 26 heavy (non-hydrogen) atoms. The number of anilines is 1. The van der Waals surface area contributed by atoms with Gasteiger partial charge in [-0.25, -0.2) is 0 Å². The highest BCUT2D eigenvalue weighted by molar-refractivity contribution is 5.85. The van der Waals surface area contributed by atoms with Crippen LogP contribution in [0, 0.1) is 11.8 Å². The third-order valence-electron chi connectivity index (χ3n) is 6.79. The molecule has 3 heterocycles. The first-order chi connectivity index (χ1) is 12.4. The molecule has 2 unspecified atom stereocenters. The molecule has 3 fully saturated rings. The molecule has 1 aliphatic carbocycles. The number of hydrogen-bond acceptors (Lipinski definition) is 2. The number of nitrogens with zero attached hydrogens (tertiary/aromatic N) is 2. The molecule has 0 saturated carbocycles. The molecule has 3 heteroatoms. The van der Waals surface area contributed by atoms with Crippen LogP contribution >= 0.6 is 12.4 Å². The molecule has 138 valence electrons. The molecule has 2 atom stereocenters. The fourth-order valence-corrected chi connectivity index (χ4v) is 5.44. The maximum atomic E-state index is 2.73. The lowest BCUT2D eigenvalue weighted by molar-refractivity contribution is 0.0534. The van der Waals surface area contributed by atoms with E-state index < -0.39 is 0 Å². The SMILES string of the molecule is Cl.c1ccc(N(CC2CN3CCC2CC3)C2CCc3ccccc32)cc1. The van der Waals surface area contributed by atoms with E-state index >= 15 is 0 Å². The average Bonchev–Trinajstić information content (AvgIpc) is 3.12. The van der Waals surface area contributed by atoms with Crippen LogP contribution in [0.2, 0.25) is 0 Å². The Labute approximate surface area is 163 Å². The maximum absolute atomic E-state index is 2.73. The van der Waals surface area contributed by atoms with E-state index in [0.717, 1.165) is 11.8 Å². The molecule has 0 aromatic heterocycles. The topological polar surface area (TPSA) is 6.48 Å². The van der Waals surface area contributed by atoms with Crippen molar-refractivity contribution in [3.63, 3.8) is 0 Å². The second-order valence-corrected chi connectivity index (χ2v) is 8.14. The molecule has 2 aromatic rings. The van der Waals surface area contributed by atoms with Gasteiger partial charge in [0.25, 0.3) is 0 Å². The molecule has 2 bridgehead atoms. The Morgan fingerprint density at radius 3 is 2.35 bits per heavy atom. The zero-order chi connectivity index (χ0) is 16.6. The van der Waals surface area contributed by atoms with E-state index in [1.807, 2.05) is 0 Å². The van der Waals surface area contributed by atoms with Crippen LogP contribution in [0.4, 0.5) is 5.69 Å². The minimum atomic E-state index is 0. The van der Waals surface area contributed by atoms with Gasteiger partial charge in [-0.2, -0.15) is 0 Å². The van der Waals surface area contributed by atoms with Gasteiger partial charge in [0.2, 0.25) is 0 Å². The van der Waals surface area contributed by atoms with Gasteiger partial charge in [-0.3, -0.25) is 0 Å². The van der Waals surface area contributed by atoms with E-state index in [1.54, 1.807) is 11.1 Å². The van der Waals surface area contributed by atoms with Gasteiger partial charge in [0.1, 0.15) is 0 Å². The van der Waals surface area contributed by atoms with E-state index in [2.05, 4.69) is 64.4 Å². The first-order valence-corrected chi connectivity index (χ1v) is 10.0. The highest BCUT2D eigenvalue weighted by Crippen LogP contribution is 2.41.